The highest BCUT2D eigenvalue weighted by Gasteiger charge is 2.38. The minimum atomic E-state index is -0.638. The minimum absolute atomic E-state index is 0.405. The van der Waals surface area contributed by atoms with E-state index in [1.165, 1.54) is 23.7 Å². The molecule has 1 heterocycles. The molecule has 0 atom stereocenters. The molecule has 0 bridgehead atoms. The number of nitrogens with zero attached hydrogens (tertiary/aromatic N) is 4. The predicted molar refractivity (Wildman–Crippen MR) is 58.9 cm³/mol. The van der Waals surface area contributed by atoms with Crippen LogP contribution in [0.25, 0.3) is 0 Å². The van der Waals surface area contributed by atoms with Crippen LogP contribution in [-0.4, -0.2) is 72.7 Å². The van der Waals surface area contributed by atoms with Crippen LogP contribution in [0, 0.1) is 0 Å². The summed E-state index contributed by atoms with van der Waals surface area (Å²) in [6.45, 7) is 1.31. The predicted octanol–water partition coefficient (Wildman–Crippen LogP) is 0.205. The Morgan fingerprint density at radius 2 is 1.06 bits per heavy atom. The topological polar surface area (TPSA) is 64.2 Å². The zero-order chi connectivity index (χ0) is 12.6. The fraction of sp³-hybridized carbons (Fsp3) is 0.625. The molecular weight excluding hydrogens is 211 g/mol. The van der Waals surface area contributed by atoms with Crippen molar-refractivity contribution in [2.24, 2.45) is 0 Å². The molecule has 0 aliphatic carbocycles. The van der Waals surface area contributed by atoms with Gasteiger partial charge < -0.3 is 9.62 Å². The number of rotatable bonds is 0. The van der Waals surface area contributed by atoms with E-state index < -0.39 is 25.1 Å². The Morgan fingerprint density at radius 3 is 1.38 bits per heavy atom. The van der Waals surface area contributed by atoms with Crippen LogP contribution in [0.2, 0.25) is 6.82 Å². The van der Waals surface area contributed by atoms with E-state index in [1.54, 1.807) is 20.9 Å². The van der Waals surface area contributed by atoms with Gasteiger partial charge in [-0.15, -0.1) is 0 Å². The van der Waals surface area contributed by atoms with Gasteiger partial charge in [0, 0.05) is 14.1 Å². The lowest BCUT2D eigenvalue weighted by Gasteiger charge is -2.37. The number of hydrogen-bond acceptors (Lipinski definition) is 3. The van der Waals surface area contributed by atoms with Gasteiger partial charge in [0.25, 0.3) is 0 Å². The number of urea groups is 3. The molecule has 88 valence electrons. The SMILES string of the molecule is CB1N(C)C(=O)N(C)C(=O)N(C)C(=O)N1C. The number of amides is 6. The molecule has 1 aliphatic heterocycles. The van der Waals surface area contributed by atoms with Crippen molar-refractivity contribution in [2.75, 3.05) is 28.2 Å². The lowest BCUT2D eigenvalue weighted by Crippen LogP contribution is -2.63. The van der Waals surface area contributed by atoms with Crippen molar-refractivity contribution in [3.05, 3.63) is 0 Å². The summed E-state index contributed by atoms with van der Waals surface area (Å²) in [7, 11) is 5.80. The third kappa shape index (κ3) is 1.70. The molecule has 8 heteroatoms. The molecule has 0 aromatic carbocycles. The maximum absolute atomic E-state index is 11.8. The van der Waals surface area contributed by atoms with Crippen molar-refractivity contribution in [1.29, 1.82) is 0 Å². The minimum Gasteiger partial charge on any atom is -0.351 e. The first kappa shape index (κ1) is 12.3. The first-order valence-electron chi connectivity index (χ1n) is 4.84. The molecule has 1 aliphatic rings. The van der Waals surface area contributed by atoms with Gasteiger partial charge in [-0.05, 0) is 20.9 Å². The van der Waals surface area contributed by atoms with Crippen LogP contribution in [0.15, 0.2) is 0 Å². The van der Waals surface area contributed by atoms with E-state index in [-0.39, 0.29) is 0 Å². The van der Waals surface area contributed by atoms with Gasteiger partial charge in [0.15, 0.2) is 0 Å². The summed E-state index contributed by atoms with van der Waals surface area (Å²) < 4.78 is 0. The summed E-state index contributed by atoms with van der Waals surface area (Å²) >= 11 is 0. The van der Waals surface area contributed by atoms with Crippen molar-refractivity contribution in [3.8, 4) is 0 Å². The van der Waals surface area contributed by atoms with Crippen LogP contribution in [0.5, 0.6) is 0 Å². The third-order valence-corrected chi connectivity index (χ3v) is 2.87. The summed E-state index contributed by atoms with van der Waals surface area (Å²) in [5.41, 5.74) is 0. The second-order valence-corrected chi connectivity index (χ2v) is 3.82. The van der Waals surface area contributed by atoms with Gasteiger partial charge in [-0.1, -0.05) is 0 Å². The monoisotopic (exact) mass is 226 g/mol. The zero-order valence-electron chi connectivity index (χ0n) is 10.1. The van der Waals surface area contributed by atoms with Crippen LogP contribution in [0.1, 0.15) is 0 Å². The summed E-state index contributed by atoms with van der Waals surface area (Å²) in [6, 6.07) is -1.52. The standard InChI is InChI=1S/C8H15BN4O3/c1-9-12(4)7(15)10(2)6(14)11(3)8(16)13(9)5/h1-5H3. The second kappa shape index (κ2) is 4.03. The van der Waals surface area contributed by atoms with E-state index >= 15 is 0 Å². The highest BCUT2D eigenvalue weighted by molar-refractivity contribution is 6.57. The average molecular weight is 226 g/mol. The van der Waals surface area contributed by atoms with E-state index in [0.717, 1.165) is 9.80 Å². The normalized spacial score (nSPS) is 19.3. The van der Waals surface area contributed by atoms with E-state index in [4.69, 9.17) is 0 Å². The molecule has 0 N–H and O–H groups in total. The molecule has 1 fully saturated rings. The fourth-order valence-corrected chi connectivity index (χ4v) is 1.44. The highest BCUT2D eigenvalue weighted by Crippen LogP contribution is 2.10. The number of carbonyl (C=O) groups is 3. The van der Waals surface area contributed by atoms with E-state index in [0.29, 0.717) is 0 Å². The van der Waals surface area contributed by atoms with Crippen molar-refractivity contribution >= 4 is 25.1 Å². The van der Waals surface area contributed by atoms with Crippen LogP contribution < -0.4 is 0 Å². The Kier molecular flexibility index (Phi) is 3.11. The number of imide groups is 2. The Morgan fingerprint density at radius 1 is 0.750 bits per heavy atom. The zero-order valence-corrected chi connectivity index (χ0v) is 10.1. The van der Waals surface area contributed by atoms with Crippen LogP contribution in [0.4, 0.5) is 14.4 Å². The molecule has 1 saturated heterocycles. The first-order chi connectivity index (χ1) is 7.29. The number of hydrogen-bond donors (Lipinski definition) is 0. The van der Waals surface area contributed by atoms with Gasteiger partial charge in [0.05, 0.1) is 0 Å². The van der Waals surface area contributed by atoms with Gasteiger partial charge in [0.1, 0.15) is 0 Å². The van der Waals surface area contributed by atoms with Crippen molar-refractivity contribution in [2.45, 2.75) is 6.82 Å². The molecule has 0 saturated carbocycles. The third-order valence-electron chi connectivity index (χ3n) is 2.87. The molecule has 0 aromatic heterocycles. The Labute approximate surface area is 94.7 Å². The summed E-state index contributed by atoms with van der Waals surface area (Å²) in [4.78, 5) is 39.7. The fourth-order valence-electron chi connectivity index (χ4n) is 1.44. The van der Waals surface area contributed by atoms with Crippen LogP contribution >= 0.6 is 0 Å². The smallest absolute Gasteiger partial charge is 0.351 e. The molecular formula is C8H15BN4O3. The molecule has 16 heavy (non-hydrogen) atoms. The van der Waals surface area contributed by atoms with Gasteiger partial charge in [-0.2, -0.15) is 0 Å². The van der Waals surface area contributed by atoms with Crippen molar-refractivity contribution in [3.63, 3.8) is 0 Å². The Bertz CT molecular complexity index is 318. The van der Waals surface area contributed by atoms with Crippen molar-refractivity contribution in [1.82, 2.24) is 19.4 Å². The van der Waals surface area contributed by atoms with E-state index in [1.807, 2.05) is 0 Å². The quantitative estimate of drug-likeness (QED) is 0.554. The summed E-state index contributed by atoms with van der Waals surface area (Å²) in [5, 5.41) is 0. The molecule has 0 radical (unpaired) electrons. The molecule has 6 amide bonds. The lowest BCUT2D eigenvalue weighted by molar-refractivity contribution is 0.150. The van der Waals surface area contributed by atoms with Gasteiger partial charge in [-0.3, -0.25) is 0 Å². The second-order valence-electron chi connectivity index (χ2n) is 3.82. The van der Waals surface area contributed by atoms with E-state index in [9.17, 15) is 14.4 Å². The van der Waals surface area contributed by atoms with Crippen LogP contribution in [0.3, 0.4) is 0 Å². The van der Waals surface area contributed by atoms with Gasteiger partial charge in [0.2, 0.25) is 0 Å². The maximum atomic E-state index is 11.8. The van der Waals surface area contributed by atoms with E-state index in [2.05, 4.69) is 0 Å². The Balaban J connectivity index is 3.13. The number of carbonyl (C=O) groups excluding carboxylic acids is 3. The summed E-state index contributed by atoms with van der Waals surface area (Å²) in [5.74, 6) is 0. The molecule has 0 unspecified atom stereocenters. The average Bonchev–Trinajstić information content (AvgIpc) is 2.30. The first-order valence-corrected chi connectivity index (χ1v) is 4.84. The summed E-state index contributed by atoms with van der Waals surface area (Å²) in [6.07, 6.45) is 0. The maximum Gasteiger partial charge on any atom is 0.379 e. The molecule has 0 spiro atoms. The van der Waals surface area contributed by atoms with Crippen molar-refractivity contribution < 1.29 is 14.4 Å². The molecule has 0 aromatic rings. The Hall–Kier alpha value is -1.73. The molecule has 7 nitrogen and oxygen atoms in total. The van der Waals surface area contributed by atoms with Gasteiger partial charge in [-0.25, -0.2) is 24.2 Å². The lowest BCUT2D eigenvalue weighted by atomic mass is 9.76. The highest BCUT2D eigenvalue weighted by atomic mass is 16.2. The molecule has 1 rings (SSSR count). The van der Waals surface area contributed by atoms with Gasteiger partial charge >= 0.3 is 25.1 Å². The largest absolute Gasteiger partial charge is 0.379 e. The van der Waals surface area contributed by atoms with Crippen LogP contribution in [-0.2, 0) is 0 Å².